The lowest BCUT2D eigenvalue weighted by molar-refractivity contribution is 0.682. The van der Waals surface area contributed by atoms with Crippen LogP contribution in [0.5, 0.6) is 0 Å². The van der Waals surface area contributed by atoms with Crippen molar-refractivity contribution in [3.05, 3.63) is 68.1 Å². The van der Waals surface area contributed by atoms with Crippen LogP contribution in [0.15, 0.2) is 40.9 Å². The molecule has 1 nitrogen and oxygen atoms in total. The number of aryl methyl sites for hydroxylation is 2. The van der Waals surface area contributed by atoms with E-state index in [1.165, 1.54) is 36.8 Å². The molecule has 0 saturated carbocycles. The van der Waals surface area contributed by atoms with Crippen LogP contribution in [0.25, 0.3) is 0 Å². The number of fused-ring (bicyclic) bond motifs is 1. The molecule has 2 aromatic carbocycles. The second-order valence-electron chi connectivity index (χ2n) is 5.38. The number of rotatable bonds is 2. The number of hydrogen-bond acceptors (Lipinski definition) is 1. The minimum Gasteiger partial charge on any atom is -0.320 e. The molecule has 0 bridgehead atoms. The van der Waals surface area contributed by atoms with Crippen molar-refractivity contribution in [2.24, 2.45) is 5.73 Å². The minimum absolute atomic E-state index is 0.143. The van der Waals surface area contributed by atoms with E-state index in [-0.39, 0.29) is 6.04 Å². The van der Waals surface area contributed by atoms with Gasteiger partial charge in [0.1, 0.15) is 0 Å². The summed E-state index contributed by atoms with van der Waals surface area (Å²) in [5.41, 5.74) is 11.6. The molecule has 3 heteroatoms. The van der Waals surface area contributed by atoms with Crippen molar-refractivity contribution in [2.75, 3.05) is 0 Å². The van der Waals surface area contributed by atoms with Crippen molar-refractivity contribution < 1.29 is 0 Å². The van der Waals surface area contributed by atoms with E-state index < -0.39 is 0 Å². The van der Waals surface area contributed by atoms with Crippen LogP contribution in [0.4, 0.5) is 0 Å². The molecule has 1 unspecified atom stereocenters. The molecule has 104 valence electrons. The monoisotopic (exact) mass is 349 g/mol. The molecule has 0 fully saturated rings. The van der Waals surface area contributed by atoms with Crippen molar-refractivity contribution in [3.8, 4) is 0 Å². The molecule has 0 heterocycles. The van der Waals surface area contributed by atoms with E-state index in [9.17, 15) is 0 Å². The highest BCUT2D eigenvalue weighted by Crippen LogP contribution is 2.31. The topological polar surface area (TPSA) is 26.0 Å². The number of benzene rings is 2. The maximum absolute atomic E-state index is 6.43. The molecule has 1 aliphatic carbocycles. The summed E-state index contributed by atoms with van der Waals surface area (Å²) in [4.78, 5) is 0. The molecular formula is C17H17BrClN. The van der Waals surface area contributed by atoms with Gasteiger partial charge in [0, 0.05) is 9.50 Å². The van der Waals surface area contributed by atoms with E-state index in [1.54, 1.807) is 0 Å². The summed E-state index contributed by atoms with van der Waals surface area (Å²) in [6.07, 6.45) is 4.96. The Kier molecular flexibility index (Phi) is 4.16. The lowest BCUT2D eigenvalue weighted by atomic mass is 9.88. The molecule has 0 aromatic heterocycles. The van der Waals surface area contributed by atoms with Crippen LogP contribution in [0.2, 0.25) is 5.02 Å². The molecule has 20 heavy (non-hydrogen) atoms. The van der Waals surface area contributed by atoms with Gasteiger partial charge in [-0.05, 0) is 66.1 Å². The summed E-state index contributed by atoms with van der Waals surface area (Å²) in [5, 5.41) is 0.719. The Morgan fingerprint density at radius 1 is 1.00 bits per heavy atom. The van der Waals surface area contributed by atoms with Gasteiger partial charge in [0.05, 0.1) is 6.04 Å². The van der Waals surface area contributed by atoms with Crippen LogP contribution in [-0.2, 0) is 12.8 Å². The average molecular weight is 351 g/mol. The largest absolute Gasteiger partial charge is 0.320 e. The van der Waals surface area contributed by atoms with Gasteiger partial charge in [-0.2, -0.15) is 0 Å². The summed E-state index contributed by atoms with van der Waals surface area (Å²) >= 11 is 9.65. The Hall–Kier alpha value is -0.830. The van der Waals surface area contributed by atoms with E-state index in [2.05, 4.69) is 34.1 Å². The summed E-state index contributed by atoms with van der Waals surface area (Å²) in [7, 11) is 0. The highest BCUT2D eigenvalue weighted by Gasteiger charge is 2.16. The number of hydrogen-bond donors (Lipinski definition) is 1. The van der Waals surface area contributed by atoms with E-state index >= 15 is 0 Å². The first-order valence-corrected chi connectivity index (χ1v) is 8.14. The first kappa shape index (κ1) is 14.1. The highest BCUT2D eigenvalue weighted by molar-refractivity contribution is 9.10. The van der Waals surface area contributed by atoms with Crippen LogP contribution in [-0.4, -0.2) is 0 Å². The van der Waals surface area contributed by atoms with Crippen molar-refractivity contribution in [3.63, 3.8) is 0 Å². The summed E-state index contributed by atoms with van der Waals surface area (Å²) in [5.74, 6) is 0. The SMILES string of the molecule is NC(c1ccc2c(c1)CCCC2)c1cc(Cl)ccc1Br. The van der Waals surface area contributed by atoms with Crippen LogP contribution in [0.3, 0.4) is 0 Å². The Bertz CT molecular complexity index is 639. The highest BCUT2D eigenvalue weighted by atomic mass is 79.9. The summed E-state index contributed by atoms with van der Waals surface area (Å²) in [6.45, 7) is 0. The van der Waals surface area contributed by atoms with Crippen molar-refractivity contribution in [2.45, 2.75) is 31.7 Å². The van der Waals surface area contributed by atoms with Gasteiger partial charge in [-0.15, -0.1) is 0 Å². The molecule has 2 aromatic rings. The van der Waals surface area contributed by atoms with Gasteiger partial charge in [0.15, 0.2) is 0 Å². The molecule has 2 N–H and O–H groups in total. The molecule has 1 aliphatic rings. The third kappa shape index (κ3) is 2.78. The smallest absolute Gasteiger partial charge is 0.0563 e. The second kappa shape index (κ2) is 5.88. The molecular weight excluding hydrogens is 334 g/mol. The number of halogens is 2. The standard InChI is InChI=1S/C17H17BrClN/c18-16-8-7-14(19)10-15(16)17(20)13-6-5-11-3-1-2-4-12(11)9-13/h5-10,17H,1-4,20H2. The summed E-state index contributed by atoms with van der Waals surface area (Å²) in [6, 6.07) is 12.3. The van der Waals surface area contributed by atoms with E-state index in [1.807, 2.05) is 18.2 Å². The van der Waals surface area contributed by atoms with Gasteiger partial charge in [0.25, 0.3) is 0 Å². The van der Waals surface area contributed by atoms with Crippen molar-refractivity contribution in [1.82, 2.24) is 0 Å². The number of nitrogens with two attached hydrogens (primary N) is 1. The average Bonchev–Trinajstić information content (AvgIpc) is 2.48. The zero-order valence-electron chi connectivity index (χ0n) is 11.2. The van der Waals surface area contributed by atoms with Gasteiger partial charge in [0.2, 0.25) is 0 Å². The fourth-order valence-electron chi connectivity index (χ4n) is 2.88. The third-order valence-corrected chi connectivity index (χ3v) is 4.98. The van der Waals surface area contributed by atoms with Gasteiger partial charge in [-0.3, -0.25) is 0 Å². The molecule has 0 radical (unpaired) electrons. The molecule has 0 spiro atoms. The molecule has 1 atom stereocenters. The molecule has 3 rings (SSSR count). The first-order valence-electron chi connectivity index (χ1n) is 6.97. The molecule has 0 aliphatic heterocycles. The minimum atomic E-state index is -0.143. The predicted molar refractivity (Wildman–Crippen MR) is 88.3 cm³/mol. The Balaban J connectivity index is 1.97. The van der Waals surface area contributed by atoms with Crippen LogP contribution in [0.1, 0.15) is 41.1 Å². The first-order chi connectivity index (χ1) is 9.65. The Morgan fingerprint density at radius 3 is 2.55 bits per heavy atom. The van der Waals surface area contributed by atoms with E-state index in [4.69, 9.17) is 17.3 Å². The van der Waals surface area contributed by atoms with Crippen molar-refractivity contribution >= 4 is 27.5 Å². The quantitative estimate of drug-likeness (QED) is 0.807. The lowest BCUT2D eigenvalue weighted by Gasteiger charge is -2.20. The van der Waals surface area contributed by atoms with E-state index in [0.717, 1.165) is 20.6 Å². The molecule has 0 saturated heterocycles. The molecule has 0 amide bonds. The van der Waals surface area contributed by atoms with Gasteiger partial charge >= 0.3 is 0 Å². The maximum Gasteiger partial charge on any atom is 0.0563 e. The van der Waals surface area contributed by atoms with Crippen LogP contribution in [0, 0.1) is 0 Å². The van der Waals surface area contributed by atoms with Gasteiger partial charge < -0.3 is 5.73 Å². The second-order valence-corrected chi connectivity index (χ2v) is 6.67. The Labute approximate surface area is 133 Å². The third-order valence-electron chi connectivity index (χ3n) is 4.02. The Morgan fingerprint density at radius 2 is 1.75 bits per heavy atom. The summed E-state index contributed by atoms with van der Waals surface area (Å²) < 4.78 is 1.01. The van der Waals surface area contributed by atoms with Crippen LogP contribution >= 0.6 is 27.5 Å². The van der Waals surface area contributed by atoms with Gasteiger partial charge in [-0.25, -0.2) is 0 Å². The van der Waals surface area contributed by atoms with Crippen LogP contribution < -0.4 is 5.73 Å². The maximum atomic E-state index is 6.43. The van der Waals surface area contributed by atoms with Gasteiger partial charge in [-0.1, -0.05) is 45.7 Å². The van der Waals surface area contributed by atoms with E-state index in [0.29, 0.717) is 0 Å². The van der Waals surface area contributed by atoms with Crippen molar-refractivity contribution in [1.29, 1.82) is 0 Å². The fraction of sp³-hybridized carbons (Fsp3) is 0.294. The zero-order valence-corrected chi connectivity index (χ0v) is 13.5. The fourth-order valence-corrected chi connectivity index (χ4v) is 3.55. The normalized spacial score (nSPS) is 15.8. The lowest BCUT2D eigenvalue weighted by Crippen LogP contribution is -2.14. The zero-order chi connectivity index (χ0) is 14.1. The predicted octanol–water partition coefficient (Wildman–Crippen LogP) is 5.03.